The van der Waals surface area contributed by atoms with Gasteiger partial charge >= 0.3 is 0 Å². The molecule has 0 aliphatic rings. The molecule has 1 aromatic carbocycles. The molecule has 1 N–H and O–H groups in total. The standard InChI is InChI=1S/C13H13N3O2/c1-14-7-6-12-15-13(18-16-12)10-8-17-11-5-3-2-4-9(10)11/h2-5,8,14H,6-7H2,1H3. The second-order valence-corrected chi connectivity index (χ2v) is 4.01. The topological polar surface area (TPSA) is 64.1 Å². The third kappa shape index (κ3) is 1.89. The van der Waals surface area contributed by atoms with Crippen LogP contribution in [-0.2, 0) is 6.42 Å². The summed E-state index contributed by atoms with van der Waals surface area (Å²) in [5, 5.41) is 7.99. The fourth-order valence-electron chi connectivity index (χ4n) is 1.85. The van der Waals surface area contributed by atoms with E-state index >= 15 is 0 Å². The second kappa shape index (κ2) is 4.62. The Balaban J connectivity index is 1.96. The first-order valence-corrected chi connectivity index (χ1v) is 5.82. The molecule has 0 fully saturated rings. The molecule has 2 heterocycles. The highest BCUT2D eigenvalue weighted by Gasteiger charge is 2.14. The third-order valence-corrected chi connectivity index (χ3v) is 2.78. The van der Waals surface area contributed by atoms with E-state index < -0.39 is 0 Å². The number of aromatic nitrogens is 2. The Hall–Kier alpha value is -2.14. The van der Waals surface area contributed by atoms with Gasteiger partial charge in [-0.2, -0.15) is 4.98 Å². The normalized spacial score (nSPS) is 11.2. The van der Waals surface area contributed by atoms with Crippen molar-refractivity contribution in [3.05, 3.63) is 36.4 Å². The molecule has 0 aliphatic heterocycles. The summed E-state index contributed by atoms with van der Waals surface area (Å²) in [4.78, 5) is 4.36. The highest BCUT2D eigenvalue weighted by molar-refractivity contribution is 5.91. The van der Waals surface area contributed by atoms with E-state index in [-0.39, 0.29) is 0 Å². The van der Waals surface area contributed by atoms with Gasteiger partial charge in [-0.1, -0.05) is 23.4 Å². The first-order chi connectivity index (χ1) is 8.88. The fourth-order valence-corrected chi connectivity index (χ4v) is 1.85. The molecule has 0 radical (unpaired) electrons. The van der Waals surface area contributed by atoms with Crippen LogP contribution in [0.1, 0.15) is 5.82 Å². The molecule has 0 amide bonds. The van der Waals surface area contributed by atoms with Crippen LogP contribution in [0.5, 0.6) is 0 Å². The number of rotatable bonds is 4. The van der Waals surface area contributed by atoms with Gasteiger partial charge < -0.3 is 14.3 Å². The van der Waals surface area contributed by atoms with Crippen LogP contribution in [0.2, 0.25) is 0 Å². The first kappa shape index (κ1) is 11.0. The van der Waals surface area contributed by atoms with E-state index in [4.69, 9.17) is 8.94 Å². The Kier molecular flexibility index (Phi) is 2.82. The zero-order valence-corrected chi connectivity index (χ0v) is 10.0. The van der Waals surface area contributed by atoms with Crippen molar-refractivity contribution >= 4 is 11.0 Å². The number of hydrogen-bond donors (Lipinski definition) is 1. The molecule has 0 saturated carbocycles. The van der Waals surface area contributed by atoms with Crippen LogP contribution in [0.4, 0.5) is 0 Å². The Morgan fingerprint density at radius 2 is 2.17 bits per heavy atom. The van der Waals surface area contributed by atoms with Crippen LogP contribution in [0.25, 0.3) is 22.4 Å². The van der Waals surface area contributed by atoms with E-state index in [9.17, 15) is 0 Å². The largest absolute Gasteiger partial charge is 0.463 e. The molecule has 5 heteroatoms. The van der Waals surface area contributed by atoms with E-state index in [1.54, 1.807) is 6.26 Å². The number of fused-ring (bicyclic) bond motifs is 1. The Morgan fingerprint density at radius 1 is 1.28 bits per heavy atom. The lowest BCUT2D eigenvalue weighted by atomic mass is 10.2. The van der Waals surface area contributed by atoms with Crippen LogP contribution in [0, 0.1) is 0 Å². The summed E-state index contributed by atoms with van der Waals surface area (Å²) in [5.74, 6) is 1.20. The predicted octanol–water partition coefficient (Wildman–Crippen LogP) is 2.24. The molecule has 3 rings (SSSR count). The Bertz CT molecular complexity index is 657. The van der Waals surface area contributed by atoms with Gasteiger partial charge in [0, 0.05) is 18.4 Å². The SMILES string of the molecule is CNCCc1noc(-c2coc3ccccc23)n1. The number of hydrogen-bond acceptors (Lipinski definition) is 5. The van der Waals surface area contributed by atoms with Gasteiger partial charge in [-0.3, -0.25) is 0 Å². The number of nitrogens with zero attached hydrogens (tertiary/aromatic N) is 2. The van der Waals surface area contributed by atoms with Gasteiger partial charge in [0.1, 0.15) is 11.8 Å². The summed E-state index contributed by atoms with van der Waals surface area (Å²) in [6.07, 6.45) is 2.40. The highest BCUT2D eigenvalue weighted by atomic mass is 16.5. The third-order valence-electron chi connectivity index (χ3n) is 2.78. The molecule has 92 valence electrons. The molecular weight excluding hydrogens is 230 g/mol. The number of benzene rings is 1. The van der Waals surface area contributed by atoms with Gasteiger partial charge in [-0.25, -0.2) is 0 Å². The average molecular weight is 243 g/mol. The molecule has 2 aromatic heterocycles. The minimum atomic E-state index is 0.506. The van der Waals surface area contributed by atoms with Gasteiger partial charge in [-0.05, 0) is 13.1 Å². The molecule has 0 aliphatic carbocycles. The molecule has 0 unspecified atom stereocenters. The van der Waals surface area contributed by atoms with Crippen molar-refractivity contribution in [1.29, 1.82) is 0 Å². The molecule has 0 saturated heterocycles. The van der Waals surface area contributed by atoms with Crippen LogP contribution in [0.3, 0.4) is 0 Å². The van der Waals surface area contributed by atoms with Gasteiger partial charge in [-0.15, -0.1) is 0 Å². The van der Waals surface area contributed by atoms with Gasteiger partial charge in [0.25, 0.3) is 5.89 Å². The minimum absolute atomic E-state index is 0.506. The van der Waals surface area contributed by atoms with Crippen molar-refractivity contribution in [2.75, 3.05) is 13.6 Å². The lowest BCUT2D eigenvalue weighted by Gasteiger charge is -1.91. The summed E-state index contributed by atoms with van der Waals surface area (Å²) < 4.78 is 10.7. The van der Waals surface area contributed by atoms with Crippen molar-refractivity contribution in [1.82, 2.24) is 15.5 Å². The monoisotopic (exact) mass is 243 g/mol. The smallest absolute Gasteiger partial charge is 0.261 e. The summed E-state index contributed by atoms with van der Waals surface area (Å²) in [7, 11) is 1.89. The number of likely N-dealkylation sites (N-methyl/N-ethyl adjacent to an activating group) is 1. The zero-order chi connectivity index (χ0) is 12.4. The lowest BCUT2D eigenvalue weighted by Crippen LogP contribution is -2.10. The van der Waals surface area contributed by atoms with Crippen LogP contribution >= 0.6 is 0 Å². The van der Waals surface area contributed by atoms with Gasteiger partial charge in [0.05, 0.1) is 5.56 Å². The highest BCUT2D eigenvalue weighted by Crippen LogP contribution is 2.29. The second-order valence-electron chi connectivity index (χ2n) is 4.01. The molecule has 0 spiro atoms. The van der Waals surface area contributed by atoms with Crippen molar-refractivity contribution < 1.29 is 8.94 Å². The molecule has 18 heavy (non-hydrogen) atoms. The fraction of sp³-hybridized carbons (Fsp3) is 0.231. The van der Waals surface area contributed by atoms with Crippen LogP contribution in [-0.4, -0.2) is 23.7 Å². The summed E-state index contributed by atoms with van der Waals surface area (Å²) in [5.41, 5.74) is 1.66. The molecule has 0 bridgehead atoms. The Labute approximate surface area is 104 Å². The van der Waals surface area contributed by atoms with Gasteiger partial charge in [0.15, 0.2) is 5.82 Å². The van der Waals surface area contributed by atoms with E-state index in [0.717, 1.165) is 29.5 Å². The number of nitrogens with one attached hydrogen (secondary N) is 1. The predicted molar refractivity (Wildman–Crippen MR) is 67.1 cm³/mol. The quantitative estimate of drug-likeness (QED) is 0.761. The maximum Gasteiger partial charge on any atom is 0.261 e. The molecular formula is C13H13N3O2. The van der Waals surface area contributed by atoms with E-state index in [1.165, 1.54) is 0 Å². The number of para-hydroxylation sites is 1. The maximum absolute atomic E-state index is 5.45. The lowest BCUT2D eigenvalue weighted by molar-refractivity contribution is 0.421. The van der Waals surface area contributed by atoms with Crippen molar-refractivity contribution in [3.8, 4) is 11.5 Å². The minimum Gasteiger partial charge on any atom is -0.463 e. The van der Waals surface area contributed by atoms with Crippen molar-refractivity contribution in [2.24, 2.45) is 0 Å². The summed E-state index contributed by atoms with van der Waals surface area (Å²) in [6.45, 7) is 0.825. The Morgan fingerprint density at radius 3 is 3.06 bits per heavy atom. The van der Waals surface area contributed by atoms with Crippen molar-refractivity contribution in [3.63, 3.8) is 0 Å². The van der Waals surface area contributed by atoms with E-state index in [2.05, 4.69) is 15.5 Å². The van der Waals surface area contributed by atoms with Crippen molar-refractivity contribution in [2.45, 2.75) is 6.42 Å². The summed E-state index contributed by atoms with van der Waals surface area (Å²) in [6, 6.07) is 7.78. The average Bonchev–Trinajstić information content (AvgIpc) is 3.02. The van der Waals surface area contributed by atoms with E-state index in [0.29, 0.717) is 11.7 Å². The number of furan rings is 1. The molecule has 0 atom stereocenters. The van der Waals surface area contributed by atoms with Crippen LogP contribution in [0.15, 0.2) is 39.5 Å². The zero-order valence-electron chi connectivity index (χ0n) is 10.0. The maximum atomic E-state index is 5.45. The van der Waals surface area contributed by atoms with E-state index in [1.807, 2.05) is 31.3 Å². The molecule has 5 nitrogen and oxygen atoms in total. The summed E-state index contributed by atoms with van der Waals surface area (Å²) >= 11 is 0. The molecule has 3 aromatic rings. The first-order valence-electron chi connectivity index (χ1n) is 5.82. The van der Waals surface area contributed by atoms with Gasteiger partial charge in [0.2, 0.25) is 0 Å². The van der Waals surface area contributed by atoms with Crippen LogP contribution < -0.4 is 5.32 Å².